The zero-order chi connectivity index (χ0) is 13.3. The molecule has 4 nitrogen and oxygen atoms in total. The average molecular weight is 262 g/mol. The van der Waals surface area contributed by atoms with Crippen molar-refractivity contribution in [3.8, 4) is 0 Å². The van der Waals surface area contributed by atoms with E-state index in [0.717, 1.165) is 19.4 Å². The van der Waals surface area contributed by atoms with Crippen molar-refractivity contribution < 1.29 is 9.53 Å². The van der Waals surface area contributed by atoms with Crippen molar-refractivity contribution in [2.45, 2.75) is 63.5 Å². The molecular formula is C15H22N2O2. The summed E-state index contributed by atoms with van der Waals surface area (Å²) in [5.41, 5.74) is 0.799. The minimum Gasteiger partial charge on any atom is -0.375 e. The molecule has 0 amide bonds. The molecule has 3 rings (SSSR count). The highest BCUT2D eigenvalue weighted by Crippen LogP contribution is 2.42. The highest BCUT2D eigenvalue weighted by molar-refractivity contribution is 5.93. The zero-order valence-electron chi connectivity index (χ0n) is 11.6. The fourth-order valence-corrected chi connectivity index (χ4v) is 3.49. The van der Waals surface area contributed by atoms with Gasteiger partial charge in [0.15, 0.2) is 5.78 Å². The van der Waals surface area contributed by atoms with Crippen LogP contribution >= 0.6 is 0 Å². The molecule has 1 atom stereocenters. The Morgan fingerprint density at radius 3 is 2.89 bits per heavy atom. The predicted octanol–water partition coefficient (Wildman–Crippen LogP) is 3.14. The zero-order valence-corrected chi connectivity index (χ0v) is 11.6. The SMILES string of the molecule is CC(=O)c1cnn(C2CCOC3(CCCCC3)C2)c1. The first kappa shape index (κ1) is 12.9. The van der Waals surface area contributed by atoms with Crippen molar-refractivity contribution in [2.75, 3.05) is 6.61 Å². The number of nitrogens with zero attached hydrogens (tertiary/aromatic N) is 2. The van der Waals surface area contributed by atoms with Crippen LogP contribution in [0.2, 0.25) is 0 Å². The first-order valence-electron chi connectivity index (χ1n) is 7.38. The third kappa shape index (κ3) is 2.59. The molecule has 0 N–H and O–H groups in total. The van der Waals surface area contributed by atoms with E-state index < -0.39 is 0 Å². The molecule has 1 saturated heterocycles. The summed E-state index contributed by atoms with van der Waals surface area (Å²) in [4.78, 5) is 11.4. The first-order chi connectivity index (χ1) is 9.19. The van der Waals surface area contributed by atoms with Crippen LogP contribution in [0.4, 0.5) is 0 Å². The molecule has 1 unspecified atom stereocenters. The van der Waals surface area contributed by atoms with E-state index in [-0.39, 0.29) is 11.4 Å². The van der Waals surface area contributed by atoms with E-state index in [2.05, 4.69) is 5.10 Å². The molecular weight excluding hydrogens is 240 g/mol. The number of carbonyl (C=O) groups is 1. The number of ketones is 1. The molecule has 1 aromatic rings. The summed E-state index contributed by atoms with van der Waals surface area (Å²) in [5, 5.41) is 4.38. The van der Waals surface area contributed by atoms with Crippen LogP contribution in [0.5, 0.6) is 0 Å². The van der Waals surface area contributed by atoms with Gasteiger partial charge in [0.2, 0.25) is 0 Å². The Bertz CT molecular complexity index is 455. The van der Waals surface area contributed by atoms with Crippen LogP contribution in [0.25, 0.3) is 0 Å². The van der Waals surface area contributed by atoms with Gasteiger partial charge < -0.3 is 4.74 Å². The smallest absolute Gasteiger partial charge is 0.162 e. The van der Waals surface area contributed by atoms with Gasteiger partial charge in [-0.25, -0.2) is 0 Å². The summed E-state index contributed by atoms with van der Waals surface area (Å²) in [6.45, 7) is 2.41. The van der Waals surface area contributed by atoms with Gasteiger partial charge in [-0.1, -0.05) is 19.3 Å². The van der Waals surface area contributed by atoms with Gasteiger partial charge in [-0.3, -0.25) is 9.48 Å². The number of Topliss-reactive ketones (excluding diaryl/α,β-unsaturated/α-hetero) is 1. The third-order valence-electron chi connectivity index (χ3n) is 4.61. The van der Waals surface area contributed by atoms with Crippen LogP contribution in [0.15, 0.2) is 12.4 Å². The lowest BCUT2D eigenvalue weighted by Gasteiger charge is -2.43. The summed E-state index contributed by atoms with van der Waals surface area (Å²) in [6, 6.07) is 0.389. The number of aromatic nitrogens is 2. The van der Waals surface area contributed by atoms with Crippen molar-refractivity contribution >= 4 is 5.78 Å². The number of carbonyl (C=O) groups excluding carboxylic acids is 1. The van der Waals surface area contributed by atoms with Gasteiger partial charge in [0, 0.05) is 12.8 Å². The molecule has 104 valence electrons. The lowest BCUT2D eigenvalue weighted by molar-refractivity contribution is -0.115. The minimum atomic E-state index is 0.0868. The molecule has 1 aromatic heterocycles. The molecule has 1 spiro atoms. The van der Waals surface area contributed by atoms with E-state index in [4.69, 9.17) is 4.74 Å². The Morgan fingerprint density at radius 2 is 2.21 bits per heavy atom. The second-order valence-corrected chi connectivity index (χ2v) is 6.00. The van der Waals surface area contributed by atoms with E-state index in [1.807, 2.05) is 10.9 Å². The molecule has 0 aromatic carbocycles. The summed E-state index contributed by atoms with van der Waals surface area (Å²) >= 11 is 0. The Morgan fingerprint density at radius 1 is 1.42 bits per heavy atom. The second-order valence-electron chi connectivity index (χ2n) is 6.00. The van der Waals surface area contributed by atoms with E-state index >= 15 is 0 Å². The molecule has 1 aliphatic carbocycles. The van der Waals surface area contributed by atoms with Gasteiger partial charge in [0.05, 0.1) is 23.4 Å². The molecule has 1 aliphatic heterocycles. The summed E-state index contributed by atoms with van der Waals surface area (Å²) in [6.07, 6.45) is 11.9. The molecule has 0 radical (unpaired) electrons. The fourth-order valence-electron chi connectivity index (χ4n) is 3.49. The van der Waals surface area contributed by atoms with Crippen molar-refractivity contribution in [3.05, 3.63) is 18.0 Å². The third-order valence-corrected chi connectivity index (χ3v) is 4.61. The lowest BCUT2D eigenvalue weighted by Crippen LogP contribution is -2.42. The standard InChI is InChI=1S/C15H22N2O2/c1-12(18)13-10-16-17(11-13)14-5-8-19-15(9-14)6-3-2-4-7-15/h10-11,14H,2-9H2,1H3. The topological polar surface area (TPSA) is 44.1 Å². The van der Waals surface area contributed by atoms with Crippen LogP contribution < -0.4 is 0 Å². The fraction of sp³-hybridized carbons (Fsp3) is 0.733. The second kappa shape index (κ2) is 5.08. The Balaban J connectivity index is 1.75. The summed E-state index contributed by atoms with van der Waals surface area (Å²) < 4.78 is 8.09. The Hall–Kier alpha value is -1.16. The van der Waals surface area contributed by atoms with Crippen molar-refractivity contribution in [3.63, 3.8) is 0 Å². The maximum Gasteiger partial charge on any atom is 0.162 e. The van der Waals surface area contributed by atoms with Gasteiger partial charge in [0.1, 0.15) is 0 Å². The molecule has 19 heavy (non-hydrogen) atoms. The minimum absolute atomic E-state index is 0.0868. The van der Waals surface area contributed by atoms with E-state index in [1.54, 1.807) is 13.1 Å². The molecule has 1 saturated carbocycles. The molecule has 4 heteroatoms. The van der Waals surface area contributed by atoms with Crippen LogP contribution in [0, 0.1) is 0 Å². The van der Waals surface area contributed by atoms with Crippen molar-refractivity contribution in [1.29, 1.82) is 0 Å². The van der Waals surface area contributed by atoms with Crippen molar-refractivity contribution in [2.24, 2.45) is 0 Å². The Kier molecular flexibility index (Phi) is 3.44. The monoisotopic (exact) mass is 262 g/mol. The predicted molar refractivity (Wildman–Crippen MR) is 72.3 cm³/mol. The quantitative estimate of drug-likeness (QED) is 0.769. The number of ether oxygens (including phenoxy) is 1. The highest BCUT2D eigenvalue weighted by Gasteiger charge is 2.39. The number of rotatable bonds is 2. The van der Waals surface area contributed by atoms with Crippen LogP contribution in [0.3, 0.4) is 0 Å². The van der Waals surface area contributed by atoms with E-state index in [0.29, 0.717) is 11.6 Å². The van der Waals surface area contributed by atoms with Crippen molar-refractivity contribution in [1.82, 2.24) is 9.78 Å². The van der Waals surface area contributed by atoms with Gasteiger partial charge in [-0.2, -0.15) is 5.10 Å². The molecule has 0 bridgehead atoms. The Labute approximate surface area is 114 Å². The maximum atomic E-state index is 11.4. The van der Waals surface area contributed by atoms with E-state index in [9.17, 15) is 4.79 Å². The summed E-state index contributed by atoms with van der Waals surface area (Å²) in [5.74, 6) is 0.0886. The van der Waals surface area contributed by atoms with Gasteiger partial charge in [-0.05, 0) is 32.6 Å². The normalized spacial score (nSPS) is 26.5. The van der Waals surface area contributed by atoms with Crippen LogP contribution in [0.1, 0.15) is 68.3 Å². The molecule has 2 fully saturated rings. The van der Waals surface area contributed by atoms with Crippen LogP contribution in [-0.4, -0.2) is 27.8 Å². The largest absolute Gasteiger partial charge is 0.375 e. The first-order valence-corrected chi connectivity index (χ1v) is 7.38. The maximum absolute atomic E-state index is 11.4. The van der Waals surface area contributed by atoms with E-state index in [1.165, 1.54) is 32.1 Å². The van der Waals surface area contributed by atoms with Gasteiger partial charge >= 0.3 is 0 Å². The average Bonchev–Trinajstić information content (AvgIpc) is 2.89. The molecule has 2 heterocycles. The number of hydrogen-bond donors (Lipinski definition) is 0. The molecule has 2 aliphatic rings. The summed E-state index contributed by atoms with van der Waals surface area (Å²) in [7, 11) is 0. The van der Waals surface area contributed by atoms with Gasteiger partial charge in [0.25, 0.3) is 0 Å². The van der Waals surface area contributed by atoms with Gasteiger partial charge in [-0.15, -0.1) is 0 Å². The number of hydrogen-bond acceptors (Lipinski definition) is 3. The highest BCUT2D eigenvalue weighted by atomic mass is 16.5. The lowest BCUT2D eigenvalue weighted by atomic mass is 9.78. The van der Waals surface area contributed by atoms with Crippen LogP contribution in [-0.2, 0) is 4.74 Å².